The van der Waals surface area contributed by atoms with Crippen molar-refractivity contribution in [3.05, 3.63) is 66.4 Å². The van der Waals surface area contributed by atoms with Gasteiger partial charge < -0.3 is 14.4 Å². The van der Waals surface area contributed by atoms with Gasteiger partial charge in [0.25, 0.3) is 0 Å². The Morgan fingerprint density at radius 1 is 1.11 bits per heavy atom. The van der Waals surface area contributed by atoms with E-state index in [1.807, 2.05) is 12.1 Å². The molecule has 1 amide bonds. The van der Waals surface area contributed by atoms with Gasteiger partial charge in [-0.2, -0.15) is 0 Å². The normalized spacial score (nSPS) is 18.9. The zero-order chi connectivity index (χ0) is 25.3. The molecule has 188 valence electrons. The molecule has 0 spiro atoms. The Balaban J connectivity index is 1.43. The summed E-state index contributed by atoms with van der Waals surface area (Å²) in [6.07, 6.45) is 1.77. The Morgan fingerprint density at radius 2 is 1.83 bits per heavy atom. The lowest BCUT2D eigenvalue weighted by Gasteiger charge is -2.34. The number of para-hydroxylation sites is 1. The molecule has 1 aliphatic heterocycles. The zero-order valence-corrected chi connectivity index (χ0v) is 21.0. The fourth-order valence-electron chi connectivity index (χ4n) is 4.38. The van der Waals surface area contributed by atoms with Crippen molar-refractivity contribution in [2.45, 2.75) is 30.6 Å². The van der Waals surface area contributed by atoms with Gasteiger partial charge in [0, 0.05) is 30.1 Å². The number of rotatable bonds is 6. The van der Waals surface area contributed by atoms with Gasteiger partial charge in [0.2, 0.25) is 0 Å². The molecule has 0 radical (unpaired) electrons. The number of hydrogen-bond acceptors (Lipinski definition) is 8. The maximum Gasteiger partial charge on any atom is 0.417 e. The first kappa shape index (κ1) is 24.2. The summed E-state index contributed by atoms with van der Waals surface area (Å²) < 4.78 is 35.2. The molecule has 1 saturated heterocycles. The van der Waals surface area contributed by atoms with E-state index in [0.717, 1.165) is 0 Å². The van der Waals surface area contributed by atoms with E-state index in [9.17, 15) is 13.2 Å². The number of hydrogen-bond donors (Lipinski definition) is 1. The van der Waals surface area contributed by atoms with E-state index in [4.69, 9.17) is 19.4 Å². The Bertz CT molecular complexity index is 1360. The molecule has 2 aliphatic rings. The second-order valence-corrected chi connectivity index (χ2v) is 11.5. The highest BCUT2D eigenvalue weighted by Gasteiger charge is 2.55. The van der Waals surface area contributed by atoms with Gasteiger partial charge in [0.1, 0.15) is 16.3 Å². The predicted octanol–water partition coefficient (Wildman–Crippen LogP) is 4.01. The molecule has 10 heteroatoms. The Morgan fingerprint density at radius 3 is 2.47 bits per heavy atom. The molecule has 2 aromatic carbocycles. The molecule has 3 aromatic rings. The summed E-state index contributed by atoms with van der Waals surface area (Å²) in [5.41, 5.74) is 1.79. The standard InChI is InChI=1S/C26H28N4O5S/c1-18-17-34-15-14-30(18)23-16-22(26(12-13-26)36(2,32)33)28-24(29-23)19-8-10-20(11-9-19)27-25(31)35-21-6-4-3-5-7-21/h3-11,16,18H,12-15,17H2,1-2H3,(H,27,31)/t18-/m0/s1. The van der Waals surface area contributed by atoms with Gasteiger partial charge in [-0.25, -0.2) is 23.2 Å². The average Bonchev–Trinajstić information content (AvgIpc) is 3.68. The summed E-state index contributed by atoms with van der Waals surface area (Å²) in [4.78, 5) is 23.9. The molecular weight excluding hydrogens is 480 g/mol. The molecule has 1 N–H and O–H groups in total. The van der Waals surface area contributed by atoms with Crippen LogP contribution < -0.4 is 15.0 Å². The van der Waals surface area contributed by atoms with E-state index in [2.05, 4.69) is 17.1 Å². The SMILES string of the molecule is C[C@H]1COCCN1c1cc(C2(S(C)(=O)=O)CC2)nc(-c2ccc(NC(=O)Oc3ccccc3)cc2)n1. The Kier molecular flexibility index (Phi) is 6.40. The van der Waals surface area contributed by atoms with Crippen LogP contribution in [0.1, 0.15) is 25.5 Å². The summed E-state index contributed by atoms with van der Waals surface area (Å²) in [6, 6.07) is 17.8. The molecule has 0 unspecified atom stereocenters. The van der Waals surface area contributed by atoms with Crippen LogP contribution in [0.25, 0.3) is 11.4 Å². The number of aromatic nitrogens is 2. The van der Waals surface area contributed by atoms with Crippen LogP contribution in [0.5, 0.6) is 5.75 Å². The van der Waals surface area contributed by atoms with E-state index in [1.54, 1.807) is 48.5 Å². The molecule has 36 heavy (non-hydrogen) atoms. The van der Waals surface area contributed by atoms with Crippen LogP contribution in [0.4, 0.5) is 16.3 Å². The van der Waals surface area contributed by atoms with Gasteiger partial charge in [-0.3, -0.25) is 5.32 Å². The summed E-state index contributed by atoms with van der Waals surface area (Å²) in [5, 5.41) is 2.70. The number of ether oxygens (including phenoxy) is 2. The van der Waals surface area contributed by atoms with E-state index >= 15 is 0 Å². The number of anilines is 2. The number of sulfone groups is 1. The number of carbonyl (C=O) groups is 1. The number of nitrogens with zero attached hydrogens (tertiary/aromatic N) is 3. The molecule has 1 aromatic heterocycles. The minimum Gasteiger partial charge on any atom is -0.410 e. The first-order valence-electron chi connectivity index (χ1n) is 11.8. The zero-order valence-electron chi connectivity index (χ0n) is 20.2. The second kappa shape index (κ2) is 9.51. The Labute approximate surface area is 210 Å². The lowest BCUT2D eigenvalue weighted by atomic mass is 10.1. The fourth-order valence-corrected chi connectivity index (χ4v) is 5.71. The smallest absolute Gasteiger partial charge is 0.410 e. The molecule has 2 heterocycles. The molecular formula is C26H28N4O5S. The van der Waals surface area contributed by atoms with E-state index in [-0.39, 0.29) is 6.04 Å². The van der Waals surface area contributed by atoms with Gasteiger partial charge in [-0.05, 0) is 56.2 Å². The monoisotopic (exact) mass is 508 g/mol. The lowest BCUT2D eigenvalue weighted by molar-refractivity contribution is 0.0985. The van der Waals surface area contributed by atoms with E-state index in [1.165, 1.54) is 6.26 Å². The molecule has 1 atom stereocenters. The minimum absolute atomic E-state index is 0.102. The number of amides is 1. The predicted molar refractivity (Wildman–Crippen MR) is 137 cm³/mol. The van der Waals surface area contributed by atoms with Crippen LogP contribution in [0, 0.1) is 0 Å². The molecule has 0 bridgehead atoms. The summed E-state index contributed by atoms with van der Waals surface area (Å²) >= 11 is 0. The maximum absolute atomic E-state index is 12.6. The molecule has 1 saturated carbocycles. The summed E-state index contributed by atoms with van der Waals surface area (Å²) in [6.45, 7) is 3.87. The van der Waals surface area contributed by atoms with Crippen LogP contribution in [0.3, 0.4) is 0 Å². The van der Waals surface area contributed by atoms with Crippen molar-refractivity contribution in [3.8, 4) is 17.1 Å². The number of nitrogens with one attached hydrogen (secondary N) is 1. The van der Waals surface area contributed by atoms with Crippen molar-refractivity contribution in [1.29, 1.82) is 0 Å². The average molecular weight is 509 g/mol. The maximum atomic E-state index is 12.6. The first-order chi connectivity index (χ1) is 17.2. The third-order valence-corrected chi connectivity index (χ3v) is 8.64. The van der Waals surface area contributed by atoms with Gasteiger partial charge in [-0.1, -0.05) is 18.2 Å². The fraction of sp³-hybridized carbons (Fsp3) is 0.346. The Hall–Kier alpha value is -3.50. The van der Waals surface area contributed by atoms with Crippen molar-refractivity contribution < 1.29 is 22.7 Å². The van der Waals surface area contributed by atoms with Gasteiger partial charge in [0.15, 0.2) is 15.7 Å². The van der Waals surface area contributed by atoms with Crippen LogP contribution in [-0.4, -0.2) is 56.5 Å². The van der Waals surface area contributed by atoms with Crippen molar-refractivity contribution >= 4 is 27.4 Å². The van der Waals surface area contributed by atoms with Crippen molar-refractivity contribution in [1.82, 2.24) is 9.97 Å². The van der Waals surface area contributed by atoms with E-state index in [0.29, 0.717) is 66.9 Å². The lowest BCUT2D eigenvalue weighted by Crippen LogP contribution is -2.44. The van der Waals surface area contributed by atoms with Gasteiger partial charge in [-0.15, -0.1) is 0 Å². The van der Waals surface area contributed by atoms with Crippen LogP contribution in [0.2, 0.25) is 0 Å². The van der Waals surface area contributed by atoms with Gasteiger partial charge >= 0.3 is 6.09 Å². The minimum atomic E-state index is -3.35. The third kappa shape index (κ3) is 4.91. The van der Waals surface area contributed by atoms with Crippen LogP contribution >= 0.6 is 0 Å². The summed E-state index contributed by atoms with van der Waals surface area (Å²) in [5.74, 6) is 1.57. The van der Waals surface area contributed by atoms with Crippen molar-refractivity contribution in [3.63, 3.8) is 0 Å². The molecule has 5 rings (SSSR count). The highest BCUT2D eigenvalue weighted by Crippen LogP contribution is 2.52. The molecule has 1 aliphatic carbocycles. The second-order valence-electron chi connectivity index (χ2n) is 9.22. The third-order valence-electron chi connectivity index (χ3n) is 6.60. The van der Waals surface area contributed by atoms with Crippen LogP contribution in [-0.2, 0) is 19.3 Å². The van der Waals surface area contributed by atoms with Crippen molar-refractivity contribution in [2.75, 3.05) is 36.2 Å². The largest absolute Gasteiger partial charge is 0.417 e. The number of carbonyl (C=O) groups excluding carboxylic acids is 1. The molecule has 9 nitrogen and oxygen atoms in total. The first-order valence-corrected chi connectivity index (χ1v) is 13.7. The van der Waals surface area contributed by atoms with Crippen LogP contribution in [0.15, 0.2) is 60.7 Å². The highest BCUT2D eigenvalue weighted by atomic mass is 32.2. The quantitative estimate of drug-likeness (QED) is 0.532. The van der Waals surface area contributed by atoms with Crippen molar-refractivity contribution in [2.24, 2.45) is 0 Å². The van der Waals surface area contributed by atoms with Gasteiger partial charge in [0.05, 0.1) is 24.9 Å². The number of morpholine rings is 1. The highest BCUT2D eigenvalue weighted by molar-refractivity contribution is 7.91. The van der Waals surface area contributed by atoms with E-state index < -0.39 is 20.7 Å². The summed E-state index contributed by atoms with van der Waals surface area (Å²) in [7, 11) is -3.35. The number of benzene rings is 2. The topological polar surface area (TPSA) is 111 Å². The molecule has 2 fully saturated rings.